The Hall–Kier alpha value is -3.75. The quantitative estimate of drug-likeness (QED) is 0.493. The molecule has 2 heterocycles. The van der Waals surface area contributed by atoms with E-state index in [1.165, 1.54) is 6.92 Å². The molecule has 220 valence electrons. The van der Waals surface area contributed by atoms with Crippen LogP contribution < -0.4 is 5.32 Å². The minimum Gasteiger partial charge on any atom is -0.336 e. The maximum Gasteiger partial charge on any atom is 0.417 e. The highest BCUT2D eigenvalue weighted by Crippen LogP contribution is 2.59. The van der Waals surface area contributed by atoms with E-state index in [1.807, 2.05) is 6.07 Å². The van der Waals surface area contributed by atoms with Crippen molar-refractivity contribution in [3.63, 3.8) is 0 Å². The second-order valence-electron chi connectivity index (χ2n) is 10.4. The molecule has 5 rings (SSSR count). The average molecular weight is 606 g/mol. The van der Waals surface area contributed by atoms with Gasteiger partial charge in [0.25, 0.3) is 0 Å². The number of aryl methyl sites for hydroxylation is 1. The number of sulfone groups is 1. The van der Waals surface area contributed by atoms with Gasteiger partial charge in [0.15, 0.2) is 15.7 Å². The minimum atomic E-state index is -5.20. The maximum atomic E-state index is 14.1. The number of carbonyl (C=O) groups is 2. The van der Waals surface area contributed by atoms with Crippen LogP contribution in [0.4, 0.5) is 26.3 Å². The van der Waals surface area contributed by atoms with Crippen LogP contribution >= 0.6 is 0 Å². The van der Waals surface area contributed by atoms with Crippen LogP contribution in [0.15, 0.2) is 23.1 Å². The third kappa shape index (κ3) is 4.89. The number of hydrogen-bond acceptors (Lipinski definition) is 8. The number of rotatable bonds is 6. The first kappa shape index (κ1) is 28.8. The smallest absolute Gasteiger partial charge is 0.336 e. The first-order valence-corrected chi connectivity index (χ1v) is 13.8. The van der Waals surface area contributed by atoms with E-state index in [9.17, 15) is 49.6 Å². The molecule has 2 saturated carbocycles. The Kier molecular flexibility index (Phi) is 6.40. The molecule has 3 aliphatic rings. The van der Waals surface area contributed by atoms with Crippen LogP contribution in [0.2, 0.25) is 0 Å². The van der Waals surface area contributed by atoms with Crippen molar-refractivity contribution in [1.29, 1.82) is 5.26 Å². The van der Waals surface area contributed by atoms with Gasteiger partial charge < -0.3 is 10.2 Å². The Labute approximate surface area is 228 Å². The summed E-state index contributed by atoms with van der Waals surface area (Å²) < 4.78 is 111. The van der Waals surface area contributed by atoms with Crippen LogP contribution in [0.3, 0.4) is 0 Å². The van der Waals surface area contributed by atoms with E-state index in [1.54, 1.807) is 0 Å². The maximum absolute atomic E-state index is 14.1. The number of nitrogens with one attached hydrogen (secondary N) is 1. The van der Waals surface area contributed by atoms with Crippen molar-refractivity contribution < 1.29 is 44.3 Å². The number of likely N-dealkylation sites (tertiary alicyclic amines) is 1. The summed E-state index contributed by atoms with van der Waals surface area (Å²) in [5.74, 6) is -2.44. The number of halogens is 6. The molecule has 2 amide bonds. The van der Waals surface area contributed by atoms with E-state index in [4.69, 9.17) is 0 Å². The van der Waals surface area contributed by atoms with Crippen LogP contribution in [0, 0.1) is 23.7 Å². The molecule has 1 aromatic carbocycles. The van der Waals surface area contributed by atoms with E-state index in [0.29, 0.717) is 17.0 Å². The van der Waals surface area contributed by atoms with Crippen molar-refractivity contribution in [2.45, 2.75) is 73.1 Å². The van der Waals surface area contributed by atoms with E-state index < -0.39 is 92.5 Å². The number of alkyl halides is 6. The highest BCUT2D eigenvalue weighted by atomic mass is 32.2. The van der Waals surface area contributed by atoms with Gasteiger partial charge in [-0.05, 0) is 62.4 Å². The number of nitrogens with zero attached hydrogens (tertiary/aromatic N) is 6. The molecule has 2 atom stereocenters. The number of nitriles is 1. The van der Waals surface area contributed by atoms with Gasteiger partial charge in [0.1, 0.15) is 17.0 Å². The van der Waals surface area contributed by atoms with Crippen molar-refractivity contribution >= 4 is 21.7 Å². The molecular formula is C23H21F6N7O4S. The van der Waals surface area contributed by atoms with Gasteiger partial charge in [0, 0.05) is 6.54 Å². The molecule has 41 heavy (non-hydrogen) atoms. The molecule has 11 nitrogen and oxygen atoms in total. The van der Waals surface area contributed by atoms with E-state index in [-0.39, 0.29) is 24.4 Å². The first-order valence-electron chi connectivity index (χ1n) is 12.3. The fourth-order valence-corrected chi connectivity index (χ4v) is 6.80. The number of carbonyl (C=O) groups excluding carboxylic acids is 2. The summed E-state index contributed by atoms with van der Waals surface area (Å²) in [5.41, 5.74) is -5.95. The molecule has 1 N–H and O–H groups in total. The largest absolute Gasteiger partial charge is 0.417 e. The molecule has 1 aliphatic heterocycles. The second-order valence-corrected chi connectivity index (χ2v) is 12.6. The van der Waals surface area contributed by atoms with Crippen LogP contribution in [-0.4, -0.2) is 74.9 Å². The minimum absolute atomic E-state index is 0.131. The molecular weight excluding hydrogens is 584 g/mol. The Morgan fingerprint density at radius 3 is 2.27 bits per heavy atom. The summed E-state index contributed by atoms with van der Waals surface area (Å²) in [5, 5.41) is 20.7. The van der Waals surface area contributed by atoms with Gasteiger partial charge in [0.05, 0.1) is 27.5 Å². The van der Waals surface area contributed by atoms with Gasteiger partial charge >= 0.3 is 12.4 Å². The lowest BCUT2D eigenvalue weighted by atomic mass is 10.0. The standard InChI is InChI=1S/C23H21F6N7O4S/c1-12-32-34-36(33-12)13-2-3-17(15(8-13)22(24,25)26)41(39,40)14-9-16(18(37)31-20(11-30)4-5-20)35(10-14)19(38)21(6-7-21)23(27,28)29/h2-3,8,14,16H,4-7,9-10H2,1H3,(H,31,37)/t14-,16+/m1/s1. The lowest BCUT2D eigenvalue weighted by Crippen LogP contribution is -2.53. The van der Waals surface area contributed by atoms with Crippen molar-refractivity contribution in [2.24, 2.45) is 5.41 Å². The van der Waals surface area contributed by atoms with Gasteiger partial charge in [-0.2, -0.15) is 31.6 Å². The van der Waals surface area contributed by atoms with Gasteiger partial charge in [-0.25, -0.2) is 8.42 Å². The van der Waals surface area contributed by atoms with E-state index in [2.05, 4.69) is 20.7 Å². The van der Waals surface area contributed by atoms with Crippen molar-refractivity contribution in [3.8, 4) is 11.8 Å². The number of amides is 2. The fraction of sp³-hybridized carbons (Fsp3) is 0.565. The molecule has 2 aromatic rings. The van der Waals surface area contributed by atoms with Gasteiger partial charge in [-0.3, -0.25) is 9.59 Å². The zero-order chi connectivity index (χ0) is 30.2. The zero-order valence-electron chi connectivity index (χ0n) is 21.1. The Bertz CT molecular complexity index is 1570. The lowest BCUT2D eigenvalue weighted by Gasteiger charge is -2.29. The van der Waals surface area contributed by atoms with Gasteiger partial charge in [-0.1, -0.05) is 0 Å². The third-order valence-corrected chi connectivity index (χ3v) is 9.80. The number of tetrazole rings is 1. The molecule has 0 radical (unpaired) electrons. The van der Waals surface area contributed by atoms with Crippen molar-refractivity contribution in [1.82, 2.24) is 30.4 Å². The summed E-state index contributed by atoms with van der Waals surface area (Å²) in [6, 6.07) is 2.26. The number of benzene rings is 1. The molecule has 18 heteroatoms. The van der Waals surface area contributed by atoms with E-state index >= 15 is 0 Å². The topological polar surface area (TPSA) is 151 Å². The predicted octanol–water partition coefficient (Wildman–Crippen LogP) is 2.25. The zero-order valence-corrected chi connectivity index (χ0v) is 21.9. The van der Waals surface area contributed by atoms with Crippen molar-refractivity contribution in [3.05, 3.63) is 29.6 Å². The molecule has 3 fully saturated rings. The van der Waals surface area contributed by atoms with Crippen LogP contribution in [0.5, 0.6) is 0 Å². The van der Waals surface area contributed by atoms with Crippen molar-refractivity contribution in [2.75, 3.05) is 6.54 Å². The number of aromatic nitrogens is 4. The molecule has 0 spiro atoms. The van der Waals surface area contributed by atoms with Gasteiger partial charge in [-0.15, -0.1) is 15.0 Å². The molecule has 0 unspecified atom stereocenters. The second kappa shape index (κ2) is 9.13. The normalized spacial score (nSPS) is 23.1. The van der Waals surface area contributed by atoms with Crippen LogP contribution in [0.1, 0.15) is 43.5 Å². The Balaban J connectivity index is 1.52. The molecule has 1 aromatic heterocycles. The summed E-state index contributed by atoms with van der Waals surface area (Å²) in [6.07, 6.45) is -11.6. The molecule has 1 saturated heterocycles. The summed E-state index contributed by atoms with van der Waals surface area (Å²) in [4.78, 5) is 26.3. The molecule has 2 aliphatic carbocycles. The Morgan fingerprint density at radius 1 is 1.12 bits per heavy atom. The monoisotopic (exact) mass is 605 g/mol. The summed E-state index contributed by atoms with van der Waals surface area (Å²) in [6.45, 7) is 0.485. The fourth-order valence-electron chi connectivity index (χ4n) is 4.91. The average Bonchev–Trinajstić information content (AvgIpc) is 3.77. The molecule has 0 bridgehead atoms. The van der Waals surface area contributed by atoms with Crippen LogP contribution in [-0.2, 0) is 25.6 Å². The predicted molar refractivity (Wildman–Crippen MR) is 123 cm³/mol. The summed E-state index contributed by atoms with van der Waals surface area (Å²) in [7, 11) is -4.98. The lowest BCUT2D eigenvalue weighted by molar-refractivity contribution is -0.199. The van der Waals surface area contributed by atoms with E-state index in [0.717, 1.165) is 10.9 Å². The SMILES string of the molecule is Cc1nnn(-c2ccc(S(=O)(=O)[C@@H]3C[C@@H](C(=O)NC4(C#N)CC4)N(C(=O)C4(C(F)(F)F)CC4)C3)c(C(F)(F)F)c2)n1. The first-order chi connectivity index (χ1) is 18.9. The summed E-state index contributed by atoms with van der Waals surface area (Å²) >= 11 is 0. The number of hydrogen-bond donors (Lipinski definition) is 1. The van der Waals surface area contributed by atoms with Crippen LogP contribution in [0.25, 0.3) is 5.69 Å². The highest BCUT2D eigenvalue weighted by molar-refractivity contribution is 7.92. The third-order valence-electron chi connectivity index (χ3n) is 7.61. The highest BCUT2D eigenvalue weighted by Gasteiger charge is 2.70. The van der Waals surface area contributed by atoms with Gasteiger partial charge in [0.2, 0.25) is 11.8 Å². The Morgan fingerprint density at radius 2 is 1.78 bits per heavy atom.